The van der Waals surface area contributed by atoms with Gasteiger partial charge >= 0.3 is 6.18 Å². The number of alkyl halides is 3. The number of halogens is 3. The molecule has 0 aliphatic carbocycles. The maximum absolute atomic E-state index is 11.7. The Hall–Kier alpha value is -0.330. The fourth-order valence-corrected chi connectivity index (χ4v) is 1.22. The molecule has 92 valence electrons. The zero-order valence-electron chi connectivity index (χ0n) is 8.43. The third-order valence-corrected chi connectivity index (χ3v) is 1.97. The first-order valence-corrected chi connectivity index (χ1v) is 4.94. The SMILES string of the molecule is OC(O)(O)CCCCCCCC(F)(F)F. The van der Waals surface area contributed by atoms with Gasteiger partial charge in [0, 0.05) is 12.8 Å². The minimum absolute atomic E-state index is 0.103. The first-order chi connectivity index (χ1) is 6.71. The third-order valence-electron chi connectivity index (χ3n) is 1.97. The van der Waals surface area contributed by atoms with Gasteiger partial charge in [0.05, 0.1) is 0 Å². The Bertz CT molecular complexity index is 145. The maximum Gasteiger partial charge on any atom is 0.389 e. The van der Waals surface area contributed by atoms with E-state index in [0.717, 1.165) is 0 Å². The monoisotopic (exact) mass is 230 g/mol. The van der Waals surface area contributed by atoms with Crippen molar-refractivity contribution in [1.29, 1.82) is 0 Å². The second kappa shape index (κ2) is 6.30. The molecule has 0 bridgehead atoms. The van der Waals surface area contributed by atoms with Crippen molar-refractivity contribution in [2.75, 3.05) is 0 Å². The van der Waals surface area contributed by atoms with E-state index in [2.05, 4.69) is 0 Å². The Morgan fingerprint density at radius 3 is 1.47 bits per heavy atom. The zero-order valence-corrected chi connectivity index (χ0v) is 8.43. The number of hydrogen-bond donors (Lipinski definition) is 3. The maximum atomic E-state index is 11.7. The Labute approximate surface area is 86.5 Å². The second-order valence-electron chi connectivity index (χ2n) is 3.66. The predicted octanol–water partition coefficient (Wildman–Crippen LogP) is 1.91. The van der Waals surface area contributed by atoms with Crippen molar-refractivity contribution in [2.24, 2.45) is 0 Å². The molecule has 0 rings (SSSR count). The van der Waals surface area contributed by atoms with Crippen molar-refractivity contribution >= 4 is 0 Å². The highest BCUT2D eigenvalue weighted by molar-refractivity contribution is 4.53. The van der Waals surface area contributed by atoms with E-state index in [4.69, 9.17) is 15.3 Å². The average Bonchev–Trinajstić information content (AvgIpc) is 1.98. The molecule has 6 heteroatoms. The molecule has 0 heterocycles. The summed E-state index contributed by atoms with van der Waals surface area (Å²) in [5.74, 6) is -2.65. The van der Waals surface area contributed by atoms with Gasteiger partial charge in [-0.2, -0.15) is 13.2 Å². The Balaban J connectivity index is 3.20. The smallest absolute Gasteiger partial charge is 0.344 e. The lowest BCUT2D eigenvalue weighted by atomic mass is 10.1. The van der Waals surface area contributed by atoms with Crippen molar-refractivity contribution in [1.82, 2.24) is 0 Å². The summed E-state index contributed by atoms with van der Waals surface area (Å²) in [6.07, 6.45) is -2.89. The van der Waals surface area contributed by atoms with Crippen molar-refractivity contribution in [3.63, 3.8) is 0 Å². The van der Waals surface area contributed by atoms with E-state index in [9.17, 15) is 13.2 Å². The largest absolute Gasteiger partial charge is 0.389 e. The quantitative estimate of drug-likeness (QED) is 0.462. The molecule has 0 aromatic heterocycles. The minimum Gasteiger partial charge on any atom is -0.344 e. The molecular weight excluding hydrogens is 213 g/mol. The molecule has 0 spiro atoms. The summed E-state index contributed by atoms with van der Waals surface area (Å²) in [5, 5.41) is 25.5. The van der Waals surface area contributed by atoms with Crippen molar-refractivity contribution in [2.45, 2.75) is 57.1 Å². The summed E-state index contributed by atoms with van der Waals surface area (Å²) in [6.45, 7) is 0. The van der Waals surface area contributed by atoms with Crippen molar-refractivity contribution < 1.29 is 28.5 Å². The molecule has 0 aliphatic heterocycles. The molecule has 3 nitrogen and oxygen atoms in total. The van der Waals surface area contributed by atoms with Crippen LogP contribution in [0.15, 0.2) is 0 Å². The molecule has 3 N–H and O–H groups in total. The molecular formula is C9H17F3O3. The third kappa shape index (κ3) is 13.7. The van der Waals surface area contributed by atoms with Gasteiger partial charge in [0.25, 0.3) is 5.97 Å². The van der Waals surface area contributed by atoms with Crippen LogP contribution in [0.3, 0.4) is 0 Å². The summed E-state index contributed by atoms with van der Waals surface area (Å²) in [4.78, 5) is 0. The first-order valence-electron chi connectivity index (χ1n) is 4.94. The number of unbranched alkanes of at least 4 members (excludes halogenated alkanes) is 4. The van der Waals surface area contributed by atoms with Crippen LogP contribution in [0, 0.1) is 0 Å². The molecule has 0 fully saturated rings. The summed E-state index contributed by atoms with van der Waals surface area (Å²) < 4.78 is 35.1. The highest BCUT2D eigenvalue weighted by Gasteiger charge is 2.25. The van der Waals surface area contributed by atoms with Crippen LogP contribution in [-0.2, 0) is 0 Å². The lowest BCUT2D eigenvalue weighted by Crippen LogP contribution is -2.26. The van der Waals surface area contributed by atoms with E-state index in [-0.39, 0.29) is 12.8 Å². The molecule has 0 aromatic carbocycles. The summed E-state index contributed by atoms with van der Waals surface area (Å²) in [7, 11) is 0. The highest BCUT2D eigenvalue weighted by atomic mass is 19.4. The lowest BCUT2D eigenvalue weighted by Gasteiger charge is -2.13. The highest BCUT2D eigenvalue weighted by Crippen LogP contribution is 2.23. The van der Waals surface area contributed by atoms with E-state index in [1.807, 2.05) is 0 Å². The van der Waals surface area contributed by atoms with Crippen LogP contribution in [0.1, 0.15) is 44.9 Å². The first kappa shape index (κ1) is 14.7. The molecule has 15 heavy (non-hydrogen) atoms. The van der Waals surface area contributed by atoms with E-state index < -0.39 is 18.6 Å². The van der Waals surface area contributed by atoms with Crippen LogP contribution in [0.2, 0.25) is 0 Å². The second-order valence-corrected chi connectivity index (χ2v) is 3.66. The van der Waals surface area contributed by atoms with Gasteiger partial charge in [0.1, 0.15) is 0 Å². The van der Waals surface area contributed by atoms with E-state index in [1.54, 1.807) is 0 Å². The van der Waals surface area contributed by atoms with Gasteiger partial charge in [-0.15, -0.1) is 0 Å². The van der Waals surface area contributed by atoms with Crippen LogP contribution in [-0.4, -0.2) is 27.5 Å². The molecule has 0 saturated carbocycles. The number of hydrogen-bond acceptors (Lipinski definition) is 3. The van der Waals surface area contributed by atoms with Crippen LogP contribution in [0.5, 0.6) is 0 Å². The predicted molar refractivity (Wildman–Crippen MR) is 47.8 cm³/mol. The fourth-order valence-electron chi connectivity index (χ4n) is 1.22. The summed E-state index contributed by atoms with van der Waals surface area (Å²) in [5.41, 5.74) is 0. The number of aliphatic hydroxyl groups is 3. The normalized spacial score (nSPS) is 13.2. The van der Waals surface area contributed by atoms with Crippen molar-refractivity contribution in [3.8, 4) is 0 Å². The van der Waals surface area contributed by atoms with Gasteiger partial charge in [-0.05, 0) is 12.8 Å². The molecule has 0 atom stereocenters. The van der Waals surface area contributed by atoms with Gasteiger partial charge < -0.3 is 15.3 Å². The standard InChI is InChI=1S/C9H17F3O3/c10-8(11,12)6-4-2-1-3-5-7-9(13,14)15/h13-15H,1-7H2. The van der Waals surface area contributed by atoms with Crippen LogP contribution >= 0.6 is 0 Å². The van der Waals surface area contributed by atoms with Crippen molar-refractivity contribution in [3.05, 3.63) is 0 Å². The zero-order chi connectivity index (χ0) is 11.9. The van der Waals surface area contributed by atoms with E-state index in [0.29, 0.717) is 25.7 Å². The van der Waals surface area contributed by atoms with E-state index in [1.165, 1.54) is 0 Å². The van der Waals surface area contributed by atoms with Crippen LogP contribution < -0.4 is 0 Å². The van der Waals surface area contributed by atoms with Gasteiger partial charge in [-0.1, -0.05) is 19.3 Å². The Morgan fingerprint density at radius 1 is 0.667 bits per heavy atom. The molecule has 0 unspecified atom stereocenters. The topological polar surface area (TPSA) is 60.7 Å². The van der Waals surface area contributed by atoms with Gasteiger partial charge in [0.15, 0.2) is 0 Å². The molecule has 0 saturated heterocycles. The van der Waals surface area contributed by atoms with Crippen LogP contribution in [0.25, 0.3) is 0 Å². The average molecular weight is 230 g/mol. The van der Waals surface area contributed by atoms with E-state index >= 15 is 0 Å². The Kier molecular flexibility index (Phi) is 6.16. The van der Waals surface area contributed by atoms with Crippen LogP contribution in [0.4, 0.5) is 13.2 Å². The number of rotatable bonds is 7. The van der Waals surface area contributed by atoms with Gasteiger partial charge in [-0.3, -0.25) is 0 Å². The summed E-state index contributed by atoms with van der Waals surface area (Å²) >= 11 is 0. The van der Waals surface area contributed by atoms with Gasteiger partial charge in [0.2, 0.25) is 0 Å². The molecule has 0 radical (unpaired) electrons. The summed E-state index contributed by atoms with van der Waals surface area (Å²) in [6, 6.07) is 0. The molecule has 0 aromatic rings. The molecule has 0 aliphatic rings. The minimum atomic E-state index is -4.09. The molecule has 0 amide bonds. The van der Waals surface area contributed by atoms with Gasteiger partial charge in [-0.25, -0.2) is 0 Å². The Morgan fingerprint density at radius 2 is 1.07 bits per heavy atom. The lowest BCUT2D eigenvalue weighted by molar-refractivity contribution is -0.315. The fraction of sp³-hybridized carbons (Fsp3) is 1.00.